The Labute approximate surface area is 140 Å². The molecule has 0 saturated heterocycles. The second-order valence-electron chi connectivity index (χ2n) is 4.39. The van der Waals surface area contributed by atoms with Crippen LogP contribution in [-0.2, 0) is 0 Å². The summed E-state index contributed by atoms with van der Waals surface area (Å²) in [5.41, 5.74) is 4.44. The lowest BCUT2D eigenvalue weighted by Crippen LogP contribution is -2.16. The molecule has 0 aliphatic rings. The van der Waals surface area contributed by atoms with Crippen LogP contribution in [0, 0.1) is 0 Å². The Morgan fingerprint density at radius 1 is 1.09 bits per heavy atom. The summed E-state index contributed by atoms with van der Waals surface area (Å²) < 4.78 is 15.9. The number of hydrogen-bond donors (Lipinski definition) is 1. The largest absolute Gasteiger partial charge is 0.493 e. The second kappa shape index (κ2) is 8.09. The summed E-state index contributed by atoms with van der Waals surface area (Å²) in [4.78, 5) is 4.38. The molecule has 0 amide bonds. The monoisotopic (exact) mass is 331 g/mol. The van der Waals surface area contributed by atoms with Crippen LogP contribution in [0.2, 0.25) is 0 Å². The van der Waals surface area contributed by atoms with Gasteiger partial charge in [0.05, 0.1) is 27.5 Å². The number of benzene rings is 1. The minimum Gasteiger partial charge on any atom is -0.493 e. The Morgan fingerprint density at radius 3 is 2.22 bits per heavy atom. The Kier molecular flexibility index (Phi) is 5.87. The van der Waals surface area contributed by atoms with Crippen LogP contribution < -0.4 is 19.6 Å². The number of methoxy groups -OCH3 is 3. The molecular formula is C16H17N3O3S. The van der Waals surface area contributed by atoms with E-state index >= 15 is 0 Å². The summed E-state index contributed by atoms with van der Waals surface area (Å²) >= 11 is 5.34. The normalized spacial score (nSPS) is 10.4. The summed E-state index contributed by atoms with van der Waals surface area (Å²) in [5, 5.41) is 4.11. The van der Waals surface area contributed by atoms with Crippen molar-refractivity contribution in [2.45, 2.75) is 0 Å². The molecule has 0 aliphatic heterocycles. The number of hydrogen-bond acceptors (Lipinski definition) is 6. The molecule has 0 bridgehead atoms. The first-order valence-corrected chi connectivity index (χ1v) is 7.14. The predicted octanol–water partition coefficient (Wildman–Crippen LogP) is 2.41. The minimum atomic E-state index is 0.439. The molecule has 0 atom stereocenters. The zero-order valence-corrected chi connectivity index (χ0v) is 13.9. The van der Waals surface area contributed by atoms with E-state index in [0.717, 1.165) is 5.56 Å². The summed E-state index contributed by atoms with van der Waals surface area (Å²) in [6.45, 7) is 0. The number of hydrazone groups is 1. The van der Waals surface area contributed by atoms with Crippen molar-refractivity contribution in [2.75, 3.05) is 21.3 Å². The van der Waals surface area contributed by atoms with Crippen molar-refractivity contribution >= 4 is 23.4 Å². The van der Waals surface area contributed by atoms with Crippen LogP contribution in [0.4, 0.5) is 0 Å². The van der Waals surface area contributed by atoms with Gasteiger partial charge >= 0.3 is 0 Å². The van der Waals surface area contributed by atoms with E-state index in [1.54, 1.807) is 52.1 Å². The van der Waals surface area contributed by atoms with E-state index in [-0.39, 0.29) is 0 Å². The smallest absolute Gasteiger partial charge is 0.203 e. The Hall–Kier alpha value is -2.67. The molecule has 0 spiro atoms. The third-order valence-electron chi connectivity index (χ3n) is 3.01. The molecule has 1 aromatic carbocycles. The highest BCUT2D eigenvalue weighted by Gasteiger charge is 2.14. The van der Waals surface area contributed by atoms with Crippen LogP contribution in [-0.4, -0.2) is 37.5 Å². The van der Waals surface area contributed by atoms with Crippen LogP contribution in [0.5, 0.6) is 17.2 Å². The van der Waals surface area contributed by atoms with Gasteiger partial charge in [0.2, 0.25) is 5.75 Å². The molecule has 2 rings (SSSR count). The third-order valence-corrected chi connectivity index (χ3v) is 3.34. The number of pyridine rings is 1. The maximum Gasteiger partial charge on any atom is 0.203 e. The molecular weight excluding hydrogens is 314 g/mol. The van der Waals surface area contributed by atoms with Crippen LogP contribution in [0.15, 0.2) is 41.8 Å². The fraction of sp³-hybridized carbons (Fsp3) is 0.188. The Balaban J connectivity index is 2.17. The molecule has 120 valence electrons. The van der Waals surface area contributed by atoms with Gasteiger partial charge in [-0.15, -0.1) is 0 Å². The standard InChI is InChI=1S/C16H17N3O3S/c1-20-13-8-12(9-14(21-2)15(13)22-3)16(23)19-18-10-11-4-6-17-7-5-11/h4-10H,1-3H3,(H,19,23)/b18-10+. The maximum atomic E-state index is 5.34. The summed E-state index contributed by atoms with van der Waals surface area (Å²) in [5.74, 6) is 1.58. The summed E-state index contributed by atoms with van der Waals surface area (Å²) in [6, 6.07) is 7.21. The zero-order chi connectivity index (χ0) is 16.7. The van der Waals surface area contributed by atoms with Crippen molar-refractivity contribution in [1.29, 1.82) is 0 Å². The van der Waals surface area contributed by atoms with Crippen molar-refractivity contribution in [2.24, 2.45) is 5.10 Å². The third kappa shape index (κ3) is 4.17. The van der Waals surface area contributed by atoms with Gasteiger partial charge in [0.1, 0.15) is 4.99 Å². The quantitative estimate of drug-likeness (QED) is 0.498. The van der Waals surface area contributed by atoms with Gasteiger partial charge in [-0.1, -0.05) is 12.2 Å². The van der Waals surface area contributed by atoms with Gasteiger partial charge in [0, 0.05) is 18.0 Å². The first-order valence-electron chi connectivity index (χ1n) is 6.73. The maximum absolute atomic E-state index is 5.34. The molecule has 23 heavy (non-hydrogen) atoms. The molecule has 0 unspecified atom stereocenters. The van der Waals surface area contributed by atoms with E-state index in [0.29, 0.717) is 27.8 Å². The van der Waals surface area contributed by atoms with Crippen molar-refractivity contribution in [1.82, 2.24) is 10.4 Å². The van der Waals surface area contributed by atoms with Gasteiger partial charge in [-0.25, -0.2) is 0 Å². The fourth-order valence-electron chi connectivity index (χ4n) is 1.89. The number of ether oxygens (including phenoxy) is 3. The Bertz CT molecular complexity index is 680. The predicted molar refractivity (Wildman–Crippen MR) is 92.8 cm³/mol. The number of thiocarbonyl (C=S) groups is 1. The first-order chi connectivity index (χ1) is 11.2. The van der Waals surface area contributed by atoms with Gasteiger partial charge in [-0.2, -0.15) is 5.10 Å². The van der Waals surface area contributed by atoms with Gasteiger partial charge in [0.25, 0.3) is 0 Å². The highest BCUT2D eigenvalue weighted by atomic mass is 32.1. The zero-order valence-electron chi connectivity index (χ0n) is 13.1. The lowest BCUT2D eigenvalue weighted by molar-refractivity contribution is 0.324. The van der Waals surface area contributed by atoms with Crippen LogP contribution in [0.3, 0.4) is 0 Å². The molecule has 1 heterocycles. The lowest BCUT2D eigenvalue weighted by Gasteiger charge is -2.14. The molecule has 1 N–H and O–H groups in total. The van der Waals surface area contributed by atoms with E-state index in [1.807, 2.05) is 12.1 Å². The highest BCUT2D eigenvalue weighted by Crippen LogP contribution is 2.38. The van der Waals surface area contributed by atoms with E-state index < -0.39 is 0 Å². The summed E-state index contributed by atoms with van der Waals surface area (Å²) in [6.07, 6.45) is 5.05. The number of nitrogens with one attached hydrogen (secondary N) is 1. The molecule has 1 aromatic heterocycles. The molecule has 2 aromatic rings. The number of nitrogens with zero attached hydrogens (tertiary/aromatic N) is 2. The SMILES string of the molecule is COc1cc(C(=S)N/N=C/c2ccncc2)cc(OC)c1OC. The fourth-order valence-corrected chi connectivity index (χ4v) is 2.06. The average molecular weight is 331 g/mol. The molecule has 0 aliphatic carbocycles. The van der Waals surface area contributed by atoms with E-state index in [2.05, 4.69) is 15.5 Å². The summed E-state index contributed by atoms with van der Waals surface area (Å²) in [7, 11) is 4.66. The topological polar surface area (TPSA) is 65.0 Å². The number of rotatable bonds is 6. The van der Waals surface area contributed by atoms with E-state index in [4.69, 9.17) is 26.4 Å². The molecule has 7 heteroatoms. The van der Waals surface area contributed by atoms with Gasteiger partial charge < -0.3 is 14.2 Å². The van der Waals surface area contributed by atoms with Gasteiger partial charge in [0.15, 0.2) is 11.5 Å². The van der Waals surface area contributed by atoms with Crippen molar-refractivity contribution in [3.63, 3.8) is 0 Å². The van der Waals surface area contributed by atoms with Crippen LogP contribution in [0.25, 0.3) is 0 Å². The van der Waals surface area contributed by atoms with Crippen molar-refractivity contribution in [3.8, 4) is 17.2 Å². The van der Waals surface area contributed by atoms with Gasteiger partial charge in [-0.3, -0.25) is 10.4 Å². The van der Waals surface area contributed by atoms with Crippen LogP contribution >= 0.6 is 12.2 Å². The van der Waals surface area contributed by atoms with E-state index in [9.17, 15) is 0 Å². The van der Waals surface area contributed by atoms with Gasteiger partial charge in [-0.05, 0) is 29.8 Å². The van der Waals surface area contributed by atoms with Crippen molar-refractivity contribution in [3.05, 3.63) is 47.8 Å². The van der Waals surface area contributed by atoms with Crippen molar-refractivity contribution < 1.29 is 14.2 Å². The molecule has 0 saturated carbocycles. The van der Waals surface area contributed by atoms with E-state index in [1.165, 1.54) is 0 Å². The molecule has 0 fully saturated rings. The highest BCUT2D eigenvalue weighted by molar-refractivity contribution is 7.80. The molecule has 6 nitrogen and oxygen atoms in total. The second-order valence-corrected chi connectivity index (χ2v) is 4.80. The minimum absolute atomic E-state index is 0.439. The molecule has 0 radical (unpaired) electrons. The average Bonchev–Trinajstić information content (AvgIpc) is 2.61. The first kappa shape index (κ1) is 16.7. The number of aromatic nitrogens is 1. The Morgan fingerprint density at radius 2 is 1.70 bits per heavy atom. The van der Waals surface area contributed by atoms with Crippen LogP contribution in [0.1, 0.15) is 11.1 Å². The lowest BCUT2D eigenvalue weighted by atomic mass is 10.2.